The summed E-state index contributed by atoms with van der Waals surface area (Å²) >= 11 is 0. The number of allylic oxidation sites excluding steroid dienone is 6. The summed E-state index contributed by atoms with van der Waals surface area (Å²) in [5, 5.41) is 18.3. The zero-order valence-electron chi connectivity index (χ0n) is 31.3. The Morgan fingerprint density at radius 3 is 2.51 bits per heavy atom. The summed E-state index contributed by atoms with van der Waals surface area (Å²) in [6.07, 6.45) is 10.5. The highest BCUT2D eigenvalue weighted by atomic mass is 32.2. The summed E-state index contributed by atoms with van der Waals surface area (Å²) in [7, 11) is -2.40. The summed E-state index contributed by atoms with van der Waals surface area (Å²) in [6.45, 7) is 9.92. The van der Waals surface area contributed by atoms with E-state index in [1.807, 2.05) is 82.3 Å². The van der Waals surface area contributed by atoms with Crippen molar-refractivity contribution >= 4 is 33.3 Å². The lowest BCUT2D eigenvalue weighted by Crippen LogP contribution is -2.62. The highest BCUT2D eigenvalue weighted by Gasteiger charge is 2.40. The van der Waals surface area contributed by atoms with Crippen LogP contribution in [0.15, 0.2) is 89.9 Å². The van der Waals surface area contributed by atoms with E-state index in [9.17, 15) is 23.1 Å². The molecule has 3 aromatic rings. The van der Waals surface area contributed by atoms with Crippen LogP contribution in [0.1, 0.15) is 66.7 Å². The maximum atomic E-state index is 13.4. The topological polar surface area (TPSA) is 165 Å². The quantitative estimate of drug-likeness (QED) is 0.112. The van der Waals surface area contributed by atoms with Gasteiger partial charge in [0.25, 0.3) is 6.47 Å². The lowest BCUT2D eigenvalue weighted by molar-refractivity contribution is -0.140. The van der Waals surface area contributed by atoms with Gasteiger partial charge in [-0.3, -0.25) is 9.59 Å². The van der Waals surface area contributed by atoms with Crippen LogP contribution in [0.4, 0.5) is 0 Å². The number of carbonyl (C=O) groups is 2. The van der Waals surface area contributed by atoms with Gasteiger partial charge in [0.15, 0.2) is 0 Å². The normalized spacial score (nSPS) is 18.8. The van der Waals surface area contributed by atoms with Crippen LogP contribution in [-0.2, 0) is 24.3 Å². The molecule has 53 heavy (non-hydrogen) atoms. The van der Waals surface area contributed by atoms with Gasteiger partial charge in [-0.1, -0.05) is 74.9 Å². The van der Waals surface area contributed by atoms with Crippen LogP contribution >= 0.6 is 0 Å². The molecule has 2 heterocycles. The minimum atomic E-state index is -4.01. The second-order valence-electron chi connectivity index (χ2n) is 13.8. The summed E-state index contributed by atoms with van der Waals surface area (Å²) in [5.74, 6) is 0.991. The molecule has 0 spiro atoms. The molecule has 3 unspecified atom stereocenters. The number of aliphatic hydroxyl groups is 1. The maximum Gasteiger partial charge on any atom is 0.293 e. The van der Waals surface area contributed by atoms with Gasteiger partial charge in [-0.2, -0.15) is 4.72 Å². The molecule has 4 N–H and O–H groups in total. The van der Waals surface area contributed by atoms with Crippen molar-refractivity contribution in [3.63, 3.8) is 0 Å². The largest absolute Gasteiger partial charge is 0.497 e. The van der Waals surface area contributed by atoms with Crippen molar-refractivity contribution in [1.29, 1.82) is 0 Å². The Hall–Kier alpha value is -4.56. The highest BCUT2D eigenvalue weighted by molar-refractivity contribution is 7.93. The maximum absolute atomic E-state index is 13.4. The van der Waals surface area contributed by atoms with Crippen LogP contribution in [0.2, 0.25) is 0 Å². The van der Waals surface area contributed by atoms with Crippen molar-refractivity contribution in [2.75, 3.05) is 13.7 Å². The van der Waals surface area contributed by atoms with Gasteiger partial charge in [0.05, 0.1) is 35.3 Å². The predicted molar refractivity (Wildman–Crippen MR) is 207 cm³/mol. The number of aromatic nitrogens is 1. The molecule has 1 aromatic heterocycles. The third kappa shape index (κ3) is 11.5. The molecule has 1 amide bonds. The number of fused-ring (bicyclic) bond motifs is 1. The minimum Gasteiger partial charge on any atom is -0.497 e. The fourth-order valence-electron chi connectivity index (χ4n) is 5.76. The number of ether oxygens (including phenoxy) is 3. The zero-order valence-corrected chi connectivity index (χ0v) is 32.1. The first-order valence-electron chi connectivity index (χ1n) is 17.9. The smallest absolute Gasteiger partial charge is 0.293 e. The molecule has 13 heteroatoms. The number of nitrogens with one attached hydrogen (secondary N) is 3. The van der Waals surface area contributed by atoms with Gasteiger partial charge in [0, 0.05) is 42.5 Å². The molecule has 0 saturated carbocycles. The van der Waals surface area contributed by atoms with Gasteiger partial charge >= 0.3 is 0 Å². The molecule has 1 aliphatic carbocycles. The van der Waals surface area contributed by atoms with E-state index in [-0.39, 0.29) is 28.9 Å². The Balaban J connectivity index is 0.000000703. The van der Waals surface area contributed by atoms with E-state index >= 15 is 0 Å². The second kappa shape index (κ2) is 18.5. The molecule has 1 aliphatic heterocycles. The molecule has 1 saturated heterocycles. The first-order chi connectivity index (χ1) is 25.2. The first-order valence-corrected chi connectivity index (χ1v) is 19.3. The van der Waals surface area contributed by atoms with Gasteiger partial charge in [0.1, 0.15) is 28.9 Å². The van der Waals surface area contributed by atoms with Gasteiger partial charge < -0.3 is 30.0 Å². The van der Waals surface area contributed by atoms with Crippen LogP contribution in [0.5, 0.6) is 11.5 Å². The SMILES string of the molecule is CCC(C)(C)OC=O.CCC[C@H](NC(=O)C1CC(Oc2cc(-c3ccccc3)nc3cc(OC)ccc23)CN1)C(C)(O)NS(=O)(=O)C1=CC=CC=CC1. The number of methoxy groups -OCH3 is 1. The Bertz CT molecular complexity index is 1910. The van der Waals surface area contributed by atoms with Gasteiger partial charge in [0.2, 0.25) is 15.9 Å². The molecular weight excluding hydrogens is 697 g/mol. The molecule has 4 atom stereocenters. The van der Waals surface area contributed by atoms with Crippen molar-refractivity contribution in [1.82, 2.24) is 20.3 Å². The van der Waals surface area contributed by atoms with Crippen molar-refractivity contribution in [2.45, 2.75) is 96.2 Å². The van der Waals surface area contributed by atoms with Crippen molar-refractivity contribution in [2.24, 2.45) is 0 Å². The van der Waals surface area contributed by atoms with E-state index in [0.717, 1.165) is 28.6 Å². The van der Waals surface area contributed by atoms with E-state index in [1.54, 1.807) is 31.4 Å². The zero-order chi connectivity index (χ0) is 38.6. The lowest BCUT2D eigenvalue weighted by atomic mass is 10.0. The fourth-order valence-corrected chi connectivity index (χ4v) is 7.15. The van der Waals surface area contributed by atoms with Crippen LogP contribution in [0, 0.1) is 0 Å². The Morgan fingerprint density at radius 2 is 1.85 bits per heavy atom. The molecule has 1 fully saturated rings. The monoisotopic (exact) mass is 748 g/mol. The molecule has 286 valence electrons. The van der Waals surface area contributed by atoms with Gasteiger partial charge in [-0.15, -0.1) is 0 Å². The van der Waals surface area contributed by atoms with Gasteiger partial charge in [-0.05, 0) is 51.8 Å². The standard InChI is InChI=1S/C34H40N4O6S.C6H12O2/c1-4-12-32(34(2,40)38-45(41,42)26-15-10-5-6-11-16-26)37-33(39)30-20-25(22-35-30)44-31-21-28(23-13-8-7-9-14-23)36-29-19-24(43-3)17-18-27(29)31;1-4-6(2,3)8-5-7/h5-11,13-15,17-19,21,25,30,32,35,38,40H,4,12,16,20,22H2,1-3H3,(H,37,39);5H,4H2,1-3H3/t25?,30?,32-,34?;/m0./s1. The number of benzene rings is 2. The van der Waals surface area contributed by atoms with E-state index in [4.69, 9.17) is 19.2 Å². The van der Waals surface area contributed by atoms with Crippen molar-refractivity contribution in [3.8, 4) is 22.8 Å². The second-order valence-corrected chi connectivity index (χ2v) is 15.5. The summed E-state index contributed by atoms with van der Waals surface area (Å²) in [6, 6.07) is 15.9. The van der Waals surface area contributed by atoms with Crippen LogP contribution in [0.25, 0.3) is 22.2 Å². The Labute approximate surface area is 312 Å². The van der Waals surface area contributed by atoms with Crippen molar-refractivity contribution in [3.05, 3.63) is 89.9 Å². The molecule has 5 rings (SSSR count). The molecule has 0 radical (unpaired) electrons. The number of rotatable bonds is 15. The van der Waals surface area contributed by atoms with E-state index in [1.165, 1.54) is 13.0 Å². The van der Waals surface area contributed by atoms with Crippen LogP contribution in [0.3, 0.4) is 0 Å². The molecular formula is C40H52N4O8S. The molecule has 12 nitrogen and oxygen atoms in total. The third-order valence-electron chi connectivity index (χ3n) is 9.19. The number of pyridine rings is 1. The lowest BCUT2D eigenvalue weighted by Gasteiger charge is -2.34. The highest BCUT2D eigenvalue weighted by Crippen LogP contribution is 2.33. The number of hydrogen-bond donors (Lipinski definition) is 4. The summed E-state index contributed by atoms with van der Waals surface area (Å²) in [4.78, 5) is 28.2. The van der Waals surface area contributed by atoms with Gasteiger partial charge in [-0.25, -0.2) is 13.4 Å². The summed E-state index contributed by atoms with van der Waals surface area (Å²) in [5.41, 5.74) is 0.225. The average Bonchev–Trinajstić information content (AvgIpc) is 3.41. The van der Waals surface area contributed by atoms with E-state index in [2.05, 4.69) is 15.4 Å². The molecule has 2 aliphatic rings. The summed E-state index contributed by atoms with van der Waals surface area (Å²) < 4.78 is 45.2. The van der Waals surface area contributed by atoms with Crippen molar-refractivity contribution < 1.29 is 37.3 Å². The molecule has 0 bridgehead atoms. The number of sulfonamides is 1. The van der Waals surface area contributed by atoms with Crippen LogP contribution < -0.4 is 24.8 Å². The van der Waals surface area contributed by atoms with E-state index < -0.39 is 27.8 Å². The Kier molecular flexibility index (Phi) is 14.4. The van der Waals surface area contributed by atoms with E-state index in [0.29, 0.717) is 43.8 Å². The number of carbonyl (C=O) groups excluding carboxylic acids is 2. The predicted octanol–water partition coefficient (Wildman–Crippen LogP) is 5.68. The fraction of sp³-hybridized carbons (Fsp3) is 0.425. The number of amides is 1. The molecule has 2 aromatic carbocycles. The number of nitrogens with zero attached hydrogens (tertiary/aromatic N) is 1. The first kappa shape index (κ1) is 41.2. The minimum absolute atomic E-state index is 0.129. The third-order valence-corrected chi connectivity index (χ3v) is 10.9. The average molecular weight is 749 g/mol. The van der Waals surface area contributed by atoms with Crippen LogP contribution in [-0.4, -0.2) is 74.1 Å². The Morgan fingerprint density at radius 1 is 1.09 bits per heavy atom. The number of hydrogen-bond acceptors (Lipinski definition) is 10.